The summed E-state index contributed by atoms with van der Waals surface area (Å²) in [5, 5.41) is 7.67. The summed E-state index contributed by atoms with van der Waals surface area (Å²) < 4.78 is 5.27. The van der Waals surface area contributed by atoms with E-state index in [9.17, 15) is 0 Å². The number of piperidine rings is 1. The molecular weight excluding hydrogens is 366 g/mol. The maximum Gasteiger partial charge on any atom is 0.171 e. The summed E-state index contributed by atoms with van der Waals surface area (Å²) in [5.74, 6) is 0.921. The number of anilines is 1. The van der Waals surface area contributed by atoms with E-state index < -0.39 is 0 Å². The van der Waals surface area contributed by atoms with Gasteiger partial charge in [0.15, 0.2) is 5.11 Å². The molecule has 5 heteroatoms. The maximum absolute atomic E-state index is 5.58. The molecule has 2 atom stereocenters. The van der Waals surface area contributed by atoms with Gasteiger partial charge in [-0.1, -0.05) is 30.3 Å². The second kappa shape index (κ2) is 8.50. The molecule has 2 aromatic rings. The quantitative estimate of drug-likeness (QED) is 0.730. The molecule has 0 amide bonds. The first kappa shape index (κ1) is 19.2. The first-order valence-corrected chi connectivity index (χ1v) is 10.5. The largest absolute Gasteiger partial charge is 0.497 e. The van der Waals surface area contributed by atoms with E-state index in [1.807, 2.05) is 12.1 Å². The molecule has 0 aromatic heterocycles. The van der Waals surface area contributed by atoms with Crippen molar-refractivity contribution in [3.05, 3.63) is 59.7 Å². The van der Waals surface area contributed by atoms with Crippen LogP contribution in [-0.4, -0.2) is 35.2 Å². The molecule has 2 N–H and O–H groups in total. The van der Waals surface area contributed by atoms with E-state index in [4.69, 9.17) is 17.0 Å². The average Bonchev–Trinajstić information content (AvgIpc) is 2.93. The van der Waals surface area contributed by atoms with Crippen molar-refractivity contribution in [3.8, 4) is 5.75 Å². The third-order valence-electron chi connectivity index (χ3n) is 6.14. The van der Waals surface area contributed by atoms with E-state index in [1.54, 1.807) is 7.11 Å². The molecule has 0 radical (unpaired) electrons. The molecule has 2 aliphatic heterocycles. The predicted octanol–water partition coefficient (Wildman–Crippen LogP) is 4.49. The fourth-order valence-electron chi connectivity index (χ4n) is 4.65. The summed E-state index contributed by atoms with van der Waals surface area (Å²) in [6, 6.07) is 18.5. The monoisotopic (exact) mass is 395 g/mol. The maximum atomic E-state index is 5.58. The van der Waals surface area contributed by atoms with Crippen LogP contribution in [0.15, 0.2) is 48.5 Å². The smallest absolute Gasteiger partial charge is 0.171 e. The van der Waals surface area contributed by atoms with E-state index in [0.29, 0.717) is 18.1 Å². The standard InChI is InChI=1S/C23H29N3OS/c1-16-5-3-4-6-22(16)25-23(28)24-18-13-19-9-10-20(14-18)26(19)15-17-7-11-21(27-2)12-8-17/h3-8,11-12,18-20H,9-10,13-15H2,1-2H3,(H2,24,25,28)/t19-,20-/m1/s1. The minimum absolute atomic E-state index is 0.452. The molecular formula is C23H29N3OS. The number of nitrogens with zero attached hydrogens (tertiary/aromatic N) is 1. The average molecular weight is 396 g/mol. The Labute approximate surface area is 173 Å². The van der Waals surface area contributed by atoms with Crippen LogP contribution in [0.2, 0.25) is 0 Å². The van der Waals surface area contributed by atoms with Gasteiger partial charge in [-0.3, -0.25) is 4.90 Å². The molecule has 4 nitrogen and oxygen atoms in total. The SMILES string of the molecule is COc1ccc(CN2[C@@H]3CC[C@@H]2CC(NC(=S)Nc2ccccc2C)C3)cc1. The van der Waals surface area contributed by atoms with Crippen molar-refractivity contribution >= 4 is 23.0 Å². The Morgan fingerprint density at radius 2 is 1.75 bits per heavy atom. The van der Waals surface area contributed by atoms with Gasteiger partial charge < -0.3 is 15.4 Å². The van der Waals surface area contributed by atoms with Gasteiger partial charge in [0.05, 0.1) is 7.11 Å². The van der Waals surface area contributed by atoms with Crippen molar-refractivity contribution < 1.29 is 4.74 Å². The zero-order valence-corrected chi connectivity index (χ0v) is 17.5. The van der Waals surface area contributed by atoms with E-state index in [2.05, 4.69) is 58.9 Å². The van der Waals surface area contributed by atoms with Crippen molar-refractivity contribution in [2.45, 2.75) is 57.3 Å². The van der Waals surface area contributed by atoms with Gasteiger partial charge in [0, 0.05) is 30.4 Å². The Morgan fingerprint density at radius 3 is 2.39 bits per heavy atom. The number of hydrogen-bond acceptors (Lipinski definition) is 3. The van der Waals surface area contributed by atoms with Gasteiger partial charge in [-0.05, 0) is 74.2 Å². The van der Waals surface area contributed by atoms with Crippen LogP contribution in [0.4, 0.5) is 5.69 Å². The topological polar surface area (TPSA) is 36.5 Å². The Kier molecular flexibility index (Phi) is 5.83. The highest BCUT2D eigenvalue weighted by atomic mass is 32.1. The van der Waals surface area contributed by atoms with Crippen molar-refractivity contribution in [2.24, 2.45) is 0 Å². The van der Waals surface area contributed by atoms with Crippen LogP contribution in [0.5, 0.6) is 5.75 Å². The van der Waals surface area contributed by atoms with Crippen LogP contribution in [0.25, 0.3) is 0 Å². The third-order valence-corrected chi connectivity index (χ3v) is 6.36. The fourth-order valence-corrected chi connectivity index (χ4v) is 4.93. The van der Waals surface area contributed by atoms with Crippen molar-refractivity contribution in [3.63, 3.8) is 0 Å². The minimum atomic E-state index is 0.452. The molecule has 148 valence electrons. The van der Waals surface area contributed by atoms with Gasteiger partial charge in [-0.15, -0.1) is 0 Å². The summed E-state index contributed by atoms with van der Waals surface area (Å²) in [6.45, 7) is 3.13. The number of thiocarbonyl (C=S) groups is 1. The zero-order valence-electron chi connectivity index (χ0n) is 16.7. The Hall–Kier alpha value is -2.11. The molecule has 28 heavy (non-hydrogen) atoms. The Bertz CT molecular complexity index is 809. The van der Waals surface area contributed by atoms with Gasteiger partial charge in [0.2, 0.25) is 0 Å². The van der Waals surface area contributed by atoms with Gasteiger partial charge in [0.1, 0.15) is 5.75 Å². The van der Waals surface area contributed by atoms with Crippen molar-refractivity contribution in [2.75, 3.05) is 12.4 Å². The molecule has 0 unspecified atom stereocenters. The minimum Gasteiger partial charge on any atom is -0.497 e. The molecule has 0 spiro atoms. The summed E-state index contributed by atoms with van der Waals surface area (Å²) >= 11 is 5.58. The van der Waals surface area contributed by atoms with Crippen LogP contribution in [-0.2, 0) is 6.54 Å². The molecule has 0 aliphatic carbocycles. The first-order valence-electron chi connectivity index (χ1n) is 10.1. The van der Waals surface area contributed by atoms with Crippen LogP contribution >= 0.6 is 12.2 Å². The highest BCUT2D eigenvalue weighted by Gasteiger charge is 2.40. The summed E-state index contributed by atoms with van der Waals surface area (Å²) in [7, 11) is 1.71. The lowest BCUT2D eigenvalue weighted by atomic mass is 9.96. The second-order valence-corrected chi connectivity index (χ2v) is 8.40. The second-order valence-electron chi connectivity index (χ2n) is 7.99. The Morgan fingerprint density at radius 1 is 1.07 bits per heavy atom. The number of methoxy groups -OCH3 is 1. The number of aryl methyl sites for hydroxylation is 1. The highest BCUT2D eigenvalue weighted by Crippen LogP contribution is 2.37. The van der Waals surface area contributed by atoms with Crippen LogP contribution < -0.4 is 15.4 Å². The van der Waals surface area contributed by atoms with E-state index >= 15 is 0 Å². The van der Waals surface area contributed by atoms with Crippen LogP contribution in [0.1, 0.15) is 36.8 Å². The number of ether oxygens (including phenoxy) is 1. The lowest BCUT2D eigenvalue weighted by molar-refractivity contribution is 0.115. The molecule has 2 fully saturated rings. The number of para-hydroxylation sites is 1. The molecule has 2 aromatic carbocycles. The molecule has 0 saturated carbocycles. The van der Waals surface area contributed by atoms with E-state index in [-0.39, 0.29) is 0 Å². The summed E-state index contributed by atoms with van der Waals surface area (Å²) in [6.07, 6.45) is 4.89. The van der Waals surface area contributed by atoms with E-state index in [0.717, 1.165) is 35.9 Å². The summed E-state index contributed by atoms with van der Waals surface area (Å²) in [4.78, 5) is 2.69. The molecule has 2 heterocycles. The number of hydrogen-bond donors (Lipinski definition) is 2. The normalized spacial score (nSPS) is 24.0. The van der Waals surface area contributed by atoms with Gasteiger partial charge in [-0.25, -0.2) is 0 Å². The predicted molar refractivity (Wildman–Crippen MR) is 119 cm³/mol. The summed E-state index contributed by atoms with van der Waals surface area (Å²) in [5.41, 5.74) is 3.65. The van der Waals surface area contributed by atoms with Gasteiger partial charge in [0.25, 0.3) is 0 Å². The zero-order chi connectivity index (χ0) is 19.5. The fraction of sp³-hybridized carbons (Fsp3) is 0.435. The molecule has 2 saturated heterocycles. The number of nitrogens with one attached hydrogen (secondary N) is 2. The lowest BCUT2D eigenvalue weighted by Crippen LogP contribution is -2.50. The lowest BCUT2D eigenvalue weighted by Gasteiger charge is -2.39. The first-order chi connectivity index (χ1) is 13.6. The van der Waals surface area contributed by atoms with Crippen LogP contribution in [0, 0.1) is 6.92 Å². The van der Waals surface area contributed by atoms with E-state index in [1.165, 1.54) is 24.0 Å². The number of benzene rings is 2. The Balaban J connectivity index is 1.33. The number of fused-ring (bicyclic) bond motifs is 2. The van der Waals surface area contributed by atoms with Crippen molar-refractivity contribution in [1.29, 1.82) is 0 Å². The van der Waals surface area contributed by atoms with Gasteiger partial charge >= 0.3 is 0 Å². The highest BCUT2D eigenvalue weighted by molar-refractivity contribution is 7.80. The van der Waals surface area contributed by atoms with Crippen molar-refractivity contribution in [1.82, 2.24) is 10.2 Å². The van der Waals surface area contributed by atoms with Gasteiger partial charge in [-0.2, -0.15) is 0 Å². The third kappa shape index (κ3) is 4.31. The number of rotatable bonds is 5. The van der Waals surface area contributed by atoms with Crippen LogP contribution in [0.3, 0.4) is 0 Å². The molecule has 2 bridgehead atoms. The molecule has 4 rings (SSSR count). The molecule has 2 aliphatic rings.